The Bertz CT molecular complexity index is 802. The lowest BCUT2D eigenvalue weighted by Gasteiger charge is -2.15. The van der Waals surface area contributed by atoms with Crippen LogP contribution in [0.5, 0.6) is 0 Å². The second kappa shape index (κ2) is 6.90. The molecule has 2 aromatic heterocycles. The van der Waals surface area contributed by atoms with Crippen molar-refractivity contribution in [3.63, 3.8) is 0 Å². The van der Waals surface area contributed by atoms with E-state index < -0.39 is 0 Å². The van der Waals surface area contributed by atoms with Crippen LogP contribution in [0, 0.1) is 23.7 Å². The summed E-state index contributed by atoms with van der Waals surface area (Å²) < 4.78 is 0. The first kappa shape index (κ1) is 15.7. The van der Waals surface area contributed by atoms with Crippen molar-refractivity contribution in [2.45, 2.75) is 31.3 Å². The molecule has 120 valence electrons. The average Bonchev–Trinajstić information content (AvgIpc) is 3.01. The first-order valence-electron chi connectivity index (χ1n) is 7.53. The van der Waals surface area contributed by atoms with Crippen molar-refractivity contribution in [2.24, 2.45) is 5.73 Å². The van der Waals surface area contributed by atoms with Gasteiger partial charge in [0, 0.05) is 18.2 Å². The van der Waals surface area contributed by atoms with Gasteiger partial charge in [0.05, 0.1) is 18.1 Å². The van der Waals surface area contributed by atoms with Gasteiger partial charge in [0.15, 0.2) is 17.2 Å². The van der Waals surface area contributed by atoms with Crippen LogP contribution in [0.3, 0.4) is 0 Å². The summed E-state index contributed by atoms with van der Waals surface area (Å²) in [6.45, 7) is 0. The maximum absolute atomic E-state index is 8.74. The Balaban J connectivity index is 1.77. The van der Waals surface area contributed by atoms with E-state index in [-0.39, 0.29) is 17.8 Å². The van der Waals surface area contributed by atoms with Crippen LogP contribution in [0.1, 0.15) is 30.7 Å². The van der Waals surface area contributed by atoms with Crippen molar-refractivity contribution < 1.29 is 0 Å². The van der Waals surface area contributed by atoms with Crippen molar-refractivity contribution in [1.29, 1.82) is 5.26 Å². The summed E-state index contributed by atoms with van der Waals surface area (Å²) in [6.07, 6.45) is 11.2. The number of nitrogens with two attached hydrogens (primary N) is 1. The summed E-state index contributed by atoms with van der Waals surface area (Å²) in [5.74, 6) is 3.48. The summed E-state index contributed by atoms with van der Waals surface area (Å²) in [5, 5.41) is 23.2. The van der Waals surface area contributed by atoms with E-state index in [0.29, 0.717) is 17.3 Å². The van der Waals surface area contributed by atoms with Gasteiger partial charge in [0.25, 0.3) is 0 Å². The quantitative estimate of drug-likeness (QED) is 0.716. The normalized spacial score (nSPS) is 19.3. The third-order valence-corrected chi connectivity index (χ3v) is 3.79. The smallest absolute Gasteiger partial charge is 0.158 e. The number of nitrogens with one attached hydrogen (secondary N) is 2. The first-order chi connectivity index (χ1) is 11.7. The fourth-order valence-electron chi connectivity index (χ4n) is 2.62. The minimum absolute atomic E-state index is 0.220. The molecule has 4 N–H and O–H groups in total. The van der Waals surface area contributed by atoms with Crippen LogP contribution in [0.2, 0.25) is 0 Å². The summed E-state index contributed by atoms with van der Waals surface area (Å²) >= 11 is 0. The summed E-state index contributed by atoms with van der Waals surface area (Å²) in [6, 6.07) is 4.20. The minimum Gasteiger partial charge on any atom is -0.380 e. The van der Waals surface area contributed by atoms with E-state index in [2.05, 4.69) is 36.7 Å². The predicted molar refractivity (Wildman–Crippen MR) is 89.2 cm³/mol. The molecule has 3 rings (SSSR count). The van der Waals surface area contributed by atoms with Gasteiger partial charge in [-0.2, -0.15) is 5.26 Å². The number of terminal acetylenes is 1. The van der Waals surface area contributed by atoms with Crippen LogP contribution in [0.25, 0.3) is 0 Å². The molecule has 2 unspecified atom stereocenters. The monoisotopic (exact) mass is 320 g/mol. The molecule has 0 aromatic carbocycles. The van der Waals surface area contributed by atoms with Gasteiger partial charge in [-0.15, -0.1) is 16.6 Å². The number of hydrogen-bond acceptors (Lipinski definition) is 8. The second-order valence-corrected chi connectivity index (χ2v) is 5.57. The molecular formula is C16H16N8. The number of aromatic nitrogens is 4. The number of rotatable bonds is 4. The molecule has 1 saturated carbocycles. The Morgan fingerprint density at radius 3 is 2.71 bits per heavy atom. The number of hydrogen-bond donors (Lipinski definition) is 3. The van der Waals surface area contributed by atoms with Gasteiger partial charge in [-0.3, -0.25) is 0 Å². The molecule has 2 heterocycles. The molecule has 0 amide bonds. The molecular weight excluding hydrogens is 304 g/mol. The number of nitriles is 1. The van der Waals surface area contributed by atoms with E-state index in [9.17, 15) is 0 Å². The molecule has 24 heavy (non-hydrogen) atoms. The largest absolute Gasteiger partial charge is 0.380 e. The fourth-order valence-corrected chi connectivity index (χ4v) is 2.62. The zero-order chi connectivity index (χ0) is 16.9. The average molecular weight is 320 g/mol. The number of nitrogens with zero attached hydrogens (tertiary/aromatic N) is 5. The Labute approximate surface area is 139 Å². The Morgan fingerprint density at radius 2 is 2.08 bits per heavy atom. The Morgan fingerprint density at radius 1 is 1.21 bits per heavy atom. The highest BCUT2D eigenvalue weighted by Gasteiger charge is 2.22. The zero-order valence-electron chi connectivity index (χ0n) is 12.9. The van der Waals surface area contributed by atoms with Crippen LogP contribution >= 0.6 is 0 Å². The molecule has 1 fully saturated rings. The van der Waals surface area contributed by atoms with E-state index in [1.165, 1.54) is 12.4 Å². The van der Waals surface area contributed by atoms with Gasteiger partial charge >= 0.3 is 0 Å². The van der Waals surface area contributed by atoms with E-state index in [0.717, 1.165) is 24.9 Å². The lowest BCUT2D eigenvalue weighted by molar-refractivity contribution is 0.687. The molecule has 2 aromatic rings. The summed E-state index contributed by atoms with van der Waals surface area (Å²) in [4.78, 5) is 8.03. The highest BCUT2D eigenvalue weighted by Crippen LogP contribution is 2.24. The minimum atomic E-state index is 0.220. The third-order valence-electron chi connectivity index (χ3n) is 3.79. The number of anilines is 3. The molecule has 0 radical (unpaired) electrons. The molecule has 8 nitrogen and oxygen atoms in total. The predicted octanol–water partition coefficient (Wildman–Crippen LogP) is 1.15. The van der Waals surface area contributed by atoms with E-state index in [4.69, 9.17) is 17.4 Å². The maximum atomic E-state index is 8.74. The molecule has 2 atom stereocenters. The topological polar surface area (TPSA) is 125 Å². The van der Waals surface area contributed by atoms with Crippen LogP contribution in [0.15, 0.2) is 18.5 Å². The first-order valence-corrected chi connectivity index (χ1v) is 7.53. The van der Waals surface area contributed by atoms with Crippen LogP contribution in [0.4, 0.5) is 17.3 Å². The van der Waals surface area contributed by atoms with Gasteiger partial charge in [0.2, 0.25) is 0 Å². The van der Waals surface area contributed by atoms with Crippen molar-refractivity contribution >= 4 is 17.3 Å². The zero-order valence-corrected chi connectivity index (χ0v) is 12.9. The molecule has 0 aliphatic heterocycles. The maximum Gasteiger partial charge on any atom is 0.158 e. The van der Waals surface area contributed by atoms with Crippen molar-refractivity contribution in [1.82, 2.24) is 20.2 Å². The molecule has 1 aliphatic carbocycles. The SMILES string of the molecule is C#Cc1nnc(Nc2cnc(C#N)cn2)cc1NC1CCC(N)C1. The molecule has 1 aliphatic rings. The van der Waals surface area contributed by atoms with Crippen molar-refractivity contribution in [2.75, 3.05) is 10.6 Å². The standard InChI is InChI=1S/C16H16N8/c1-2-13-14(21-11-4-3-10(18)5-11)6-15(24-23-13)22-16-9-19-12(7-17)8-20-16/h1,6,8-11H,3-5,18H2,(H2,20,21,22,24). The lowest BCUT2D eigenvalue weighted by atomic mass is 10.2. The molecule has 0 bridgehead atoms. The highest BCUT2D eigenvalue weighted by atomic mass is 15.2. The fraction of sp³-hybridized carbons (Fsp3) is 0.312. The summed E-state index contributed by atoms with van der Waals surface area (Å²) in [5.41, 5.74) is 7.37. The van der Waals surface area contributed by atoms with Gasteiger partial charge in [0.1, 0.15) is 11.9 Å². The molecule has 0 spiro atoms. The van der Waals surface area contributed by atoms with Gasteiger partial charge < -0.3 is 16.4 Å². The van der Waals surface area contributed by atoms with E-state index in [1.807, 2.05) is 6.07 Å². The van der Waals surface area contributed by atoms with E-state index in [1.54, 1.807) is 6.07 Å². The van der Waals surface area contributed by atoms with E-state index >= 15 is 0 Å². The third kappa shape index (κ3) is 3.57. The highest BCUT2D eigenvalue weighted by molar-refractivity contribution is 5.62. The molecule has 0 saturated heterocycles. The lowest BCUT2D eigenvalue weighted by Crippen LogP contribution is -2.21. The van der Waals surface area contributed by atoms with Gasteiger partial charge in [-0.25, -0.2) is 9.97 Å². The van der Waals surface area contributed by atoms with Crippen LogP contribution < -0.4 is 16.4 Å². The van der Waals surface area contributed by atoms with Gasteiger partial charge in [-0.1, -0.05) is 0 Å². The second-order valence-electron chi connectivity index (χ2n) is 5.57. The Hall–Kier alpha value is -3.23. The van der Waals surface area contributed by atoms with Crippen LogP contribution in [-0.2, 0) is 0 Å². The van der Waals surface area contributed by atoms with Crippen molar-refractivity contribution in [3.8, 4) is 18.4 Å². The van der Waals surface area contributed by atoms with Crippen LogP contribution in [-0.4, -0.2) is 32.2 Å². The molecule has 8 heteroatoms. The Kier molecular flexibility index (Phi) is 4.50. The van der Waals surface area contributed by atoms with Gasteiger partial charge in [-0.05, 0) is 25.2 Å². The summed E-state index contributed by atoms with van der Waals surface area (Å²) in [7, 11) is 0. The van der Waals surface area contributed by atoms with Crippen molar-refractivity contribution in [3.05, 3.63) is 29.8 Å².